The number of aryl methyl sites for hydroxylation is 1. The normalized spacial score (nSPS) is 11.1. The maximum atomic E-state index is 12.6. The van der Waals surface area contributed by atoms with Crippen molar-refractivity contribution in [1.82, 2.24) is 24.5 Å². The second kappa shape index (κ2) is 6.34. The quantitative estimate of drug-likeness (QED) is 0.597. The number of nitrogens with zero attached hydrogens (tertiary/aromatic N) is 4. The number of hydrogen-bond donors (Lipinski definition) is 1. The number of imidazole rings is 1. The van der Waals surface area contributed by atoms with Crippen LogP contribution in [0.4, 0.5) is 0 Å². The van der Waals surface area contributed by atoms with Crippen molar-refractivity contribution in [3.05, 3.63) is 70.2 Å². The Balaban J connectivity index is 1.55. The van der Waals surface area contributed by atoms with Crippen molar-refractivity contribution in [1.29, 1.82) is 0 Å². The Morgan fingerprint density at radius 2 is 2.12 bits per heavy atom. The lowest BCUT2D eigenvalue weighted by atomic mass is 10.2. The zero-order valence-electron chi connectivity index (χ0n) is 13.3. The molecule has 0 atom stereocenters. The summed E-state index contributed by atoms with van der Waals surface area (Å²) in [6, 6.07) is 9.48. The zero-order chi connectivity index (χ0) is 17.4. The Kier molecular flexibility index (Phi) is 4.03. The van der Waals surface area contributed by atoms with Crippen LogP contribution in [0.2, 0.25) is 5.15 Å². The number of fused-ring (bicyclic) bond motifs is 1. The van der Waals surface area contributed by atoms with E-state index < -0.39 is 0 Å². The molecule has 0 radical (unpaired) electrons. The van der Waals surface area contributed by atoms with E-state index in [-0.39, 0.29) is 5.91 Å². The van der Waals surface area contributed by atoms with Crippen molar-refractivity contribution < 1.29 is 4.79 Å². The van der Waals surface area contributed by atoms with E-state index in [9.17, 15) is 4.79 Å². The largest absolute Gasteiger partial charge is 0.346 e. The molecule has 8 heteroatoms. The molecule has 0 saturated carbocycles. The van der Waals surface area contributed by atoms with E-state index in [1.165, 1.54) is 0 Å². The van der Waals surface area contributed by atoms with E-state index in [1.807, 2.05) is 52.5 Å². The second-order valence-corrected chi connectivity index (χ2v) is 6.74. The molecule has 25 heavy (non-hydrogen) atoms. The average molecular weight is 372 g/mol. The highest BCUT2D eigenvalue weighted by Crippen LogP contribution is 2.23. The van der Waals surface area contributed by atoms with Gasteiger partial charge in [0.15, 0.2) is 4.96 Å². The minimum Gasteiger partial charge on any atom is -0.346 e. The van der Waals surface area contributed by atoms with E-state index in [0.29, 0.717) is 23.0 Å². The van der Waals surface area contributed by atoms with Crippen molar-refractivity contribution in [2.24, 2.45) is 0 Å². The van der Waals surface area contributed by atoms with Gasteiger partial charge in [0, 0.05) is 17.8 Å². The number of carbonyl (C=O) groups is 1. The third kappa shape index (κ3) is 2.92. The number of benzene rings is 1. The van der Waals surface area contributed by atoms with Gasteiger partial charge in [0.05, 0.1) is 29.2 Å². The zero-order valence-corrected chi connectivity index (χ0v) is 14.9. The standard InChI is InChI=1S/C17H14ClN5OS/c1-11-14(15(18)23(21-11)13-5-3-2-4-6-13)16(24)19-9-12-10-22-7-8-25-17(22)20-12/h2-8,10H,9H2,1H3,(H,19,24). The Bertz CT molecular complexity index is 1020. The second-order valence-electron chi connectivity index (χ2n) is 5.51. The van der Waals surface area contributed by atoms with Gasteiger partial charge in [-0.1, -0.05) is 29.8 Å². The first-order chi connectivity index (χ1) is 12.1. The van der Waals surface area contributed by atoms with E-state index in [2.05, 4.69) is 15.4 Å². The van der Waals surface area contributed by atoms with Gasteiger partial charge >= 0.3 is 0 Å². The molecule has 0 saturated heterocycles. The van der Waals surface area contributed by atoms with Gasteiger partial charge in [-0.25, -0.2) is 9.67 Å². The molecule has 0 aliphatic heterocycles. The van der Waals surface area contributed by atoms with Crippen LogP contribution in [0.5, 0.6) is 0 Å². The number of hydrogen-bond acceptors (Lipinski definition) is 4. The summed E-state index contributed by atoms with van der Waals surface area (Å²) in [5.74, 6) is -0.263. The van der Waals surface area contributed by atoms with Gasteiger partial charge < -0.3 is 5.32 Å². The number of para-hydroxylation sites is 1. The number of aromatic nitrogens is 4. The molecule has 0 aliphatic rings. The molecule has 4 rings (SSSR count). The van der Waals surface area contributed by atoms with Crippen LogP contribution in [0.1, 0.15) is 21.7 Å². The molecule has 0 unspecified atom stereocenters. The molecule has 6 nitrogen and oxygen atoms in total. The number of thiazole rings is 1. The summed E-state index contributed by atoms with van der Waals surface area (Å²) >= 11 is 7.96. The third-order valence-corrected chi connectivity index (χ3v) is 4.92. The average Bonchev–Trinajstić information content (AvgIpc) is 3.27. The predicted octanol–water partition coefficient (Wildman–Crippen LogP) is 3.47. The van der Waals surface area contributed by atoms with Crippen molar-refractivity contribution >= 4 is 33.8 Å². The number of amides is 1. The molecule has 0 aliphatic carbocycles. The Hall–Kier alpha value is -2.64. The third-order valence-electron chi connectivity index (χ3n) is 3.81. The fourth-order valence-corrected chi connectivity index (χ4v) is 3.69. The molecule has 0 spiro atoms. The van der Waals surface area contributed by atoms with Gasteiger partial charge in [-0.3, -0.25) is 9.20 Å². The fourth-order valence-electron chi connectivity index (χ4n) is 2.62. The van der Waals surface area contributed by atoms with Crippen LogP contribution in [0.3, 0.4) is 0 Å². The summed E-state index contributed by atoms with van der Waals surface area (Å²) in [5.41, 5.74) is 2.57. The van der Waals surface area contributed by atoms with Crippen molar-refractivity contribution in [3.63, 3.8) is 0 Å². The van der Waals surface area contributed by atoms with Crippen LogP contribution >= 0.6 is 22.9 Å². The van der Waals surface area contributed by atoms with Gasteiger partial charge in [0.2, 0.25) is 0 Å². The van der Waals surface area contributed by atoms with Gasteiger partial charge in [-0.15, -0.1) is 11.3 Å². The molecule has 3 heterocycles. The first kappa shape index (κ1) is 15.9. The molecular formula is C17H14ClN5OS. The summed E-state index contributed by atoms with van der Waals surface area (Å²) in [4.78, 5) is 17.9. The Morgan fingerprint density at radius 3 is 2.88 bits per heavy atom. The molecule has 0 fully saturated rings. The predicted molar refractivity (Wildman–Crippen MR) is 97.6 cm³/mol. The van der Waals surface area contributed by atoms with Gasteiger partial charge in [0.25, 0.3) is 5.91 Å². The smallest absolute Gasteiger partial charge is 0.256 e. The highest BCUT2D eigenvalue weighted by molar-refractivity contribution is 7.15. The number of nitrogens with one attached hydrogen (secondary N) is 1. The summed E-state index contributed by atoms with van der Waals surface area (Å²) in [5, 5.41) is 9.52. The lowest BCUT2D eigenvalue weighted by Gasteiger charge is -2.04. The first-order valence-electron chi connectivity index (χ1n) is 7.63. The first-order valence-corrected chi connectivity index (χ1v) is 8.89. The van der Waals surface area contributed by atoms with Crippen LogP contribution in [-0.4, -0.2) is 25.1 Å². The molecule has 0 bridgehead atoms. The Morgan fingerprint density at radius 1 is 1.32 bits per heavy atom. The summed E-state index contributed by atoms with van der Waals surface area (Å²) in [7, 11) is 0. The molecule has 3 aromatic heterocycles. The van der Waals surface area contributed by atoms with Gasteiger partial charge in [-0.05, 0) is 19.1 Å². The fraction of sp³-hybridized carbons (Fsp3) is 0.118. The van der Waals surface area contributed by atoms with Crippen LogP contribution in [0, 0.1) is 6.92 Å². The number of halogens is 1. The number of carbonyl (C=O) groups excluding carboxylic acids is 1. The molecule has 1 aromatic carbocycles. The Labute approximate surface area is 152 Å². The number of rotatable bonds is 4. The monoisotopic (exact) mass is 371 g/mol. The minimum absolute atomic E-state index is 0.263. The van der Waals surface area contributed by atoms with Crippen LogP contribution in [0.25, 0.3) is 10.6 Å². The van der Waals surface area contributed by atoms with Crippen molar-refractivity contribution in [2.75, 3.05) is 0 Å². The lowest BCUT2D eigenvalue weighted by Crippen LogP contribution is -2.23. The van der Waals surface area contributed by atoms with Gasteiger partial charge in [-0.2, -0.15) is 5.10 Å². The summed E-state index contributed by atoms with van der Waals surface area (Å²) < 4.78 is 3.50. The van der Waals surface area contributed by atoms with E-state index >= 15 is 0 Å². The minimum atomic E-state index is -0.263. The highest BCUT2D eigenvalue weighted by atomic mass is 35.5. The highest BCUT2D eigenvalue weighted by Gasteiger charge is 2.21. The maximum Gasteiger partial charge on any atom is 0.256 e. The van der Waals surface area contributed by atoms with Crippen molar-refractivity contribution in [2.45, 2.75) is 13.5 Å². The molecule has 126 valence electrons. The van der Waals surface area contributed by atoms with E-state index in [4.69, 9.17) is 11.6 Å². The van der Waals surface area contributed by atoms with Crippen LogP contribution < -0.4 is 5.32 Å². The van der Waals surface area contributed by atoms with E-state index in [0.717, 1.165) is 16.3 Å². The SMILES string of the molecule is Cc1nn(-c2ccccc2)c(Cl)c1C(=O)NCc1cn2ccsc2n1. The van der Waals surface area contributed by atoms with Gasteiger partial charge in [0.1, 0.15) is 5.15 Å². The topological polar surface area (TPSA) is 64.2 Å². The van der Waals surface area contributed by atoms with Crippen molar-refractivity contribution in [3.8, 4) is 5.69 Å². The summed E-state index contributed by atoms with van der Waals surface area (Å²) in [6.45, 7) is 2.10. The lowest BCUT2D eigenvalue weighted by molar-refractivity contribution is 0.0950. The van der Waals surface area contributed by atoms with E-state index in [1.54, 1.807) is 22.9 Å². The molecule has 1 amide bonds. The molecular weight excluding hydrogens is 358 g/mol. The summed E-state index contributed by atoms with van der Waals surface area (Å²) in [6.07, 6.45) is 3.83. The van der Waals surface area contributed by atoms with Crippen LogP contribution in [0.15, 0.2) is 48.1 Å². The molecule has 4 aromatic rings. The molecule has 1 N–H and O–H groups in total. The maximum absolute atomic E-state index is 12.6. The van der Waals surface area contributed by atoms with Crippen LogP contribution in [-0.2, 0) is 6.54 Å².